The molecule has 0 radical (unpaired) electrons. The molecule has 0 saturated heterocycles. The molecule has 1 aliphatic heterocycles. The molecule has 2 N–H and O–H groups in total. The van der Waals surface area contributed by atoms with Crippen molar-refractivity contribution in [1.29, 1.82) is 0 Å². The number of fused-ring (bicyclic) bond motifs is 1. The second-order valence-electron chi connectivity index (χ2n) is 8.60. The summed E-state index contributed by atoms with van der Waals surface area (Å²) >= 11 is 0. The van der Waals surface area contributed by atoms with Crippen molar-refractivity contribution in [2.75, 3.05) is 72.6 Å². The Morgan fingerprint density at radius 1 is 0.600 bits per heavy atom. The van der Waals surface area contributed by atoms with E-state index in [1.54, 1.807) is 12.1 Å². The van der Waals surface area contributed by atoms with Crippen LogP contribution in [0.2, 0.25) is 0 Å². The van der Waals surface area contributed by atoms with Gasteiger partial charge in [-0.3, -0.25) is 4.79 Å². The van der Waals surface area contributed by atoms with E-state index >= 15 is 0 Å². The second-order valence-corrected chi connectivity index (χ2v) is 8.60. The first-order valence-electron chi connectivity index (χ1n) is 13.2. The summed E-state index contributed by atoms with van der Waals surface area (Å²) in [5.74, 6) is 1.29. The van der Waals surface area contributed by atoms with Crippen molar-refractivity contribution in [2.45, 2.75) is 57.8 Å². The van der Waals surface area contributed by atoms with Crippen LogP contribution in [-0.4, -0.2) is 78.4 Å². The Bertz CT molecular complexity index is 671. The van der Waals surface area contributed by atoms with E-state index in [0.717, 1.165) is 25.8 Å². The predicted octanol–water partition coefficient (Wildman–Crippen LogP) is 4.18. The van der Waals surface area contributed by atoms with Gasteiger partial charge in [0.2, 0.25) is 0 Å². The molecule has 35 heavy (non-hydrogen) atoms. The summed E-state index contributed by atoms with van der Waals surface area (Å²) in [5, 5.41) is 0. The maximum Gasteiger partial charge on any atom is 0.163 e. The molecule has 0 atom stereocenters. The molecule has 0 aromatic heterocycles. The molecule has 200 valence electrons. The van der Waals surface area contributed by atoms with Crippen LogP contribution in [0.15, 0.2) is 18.2 Å². The topological polar surface area (TPSA) is 98.5 Å². The van der Waals surface area contributed by atoms with Crippen LogP contribution in [-0.2, 0) is 18.9 Å². The van der Waals surface area contributed by atoms with Crippen molar-refractivity contribution in [3.05, 3.63) is 23.8 Å². The summed E-state index contributed by atoms with van der Waals surface area (Å²) in [6.45, 7) is 5.47. The number of carbonyl (C=O) groups excluding carboxylic acids is 1. The highest BCUT2D eigenvalue weighted by atomic mass is 16.6. The zero-order valence-electron chi connectivity index (χ0n) is 21.3. The van der Waals surface area contributed by atoms with Gasteiger partial charge in [0.05, 0.1) is 52.9 Å². The maximum atomic E-state index is 12.8. The Kier molecular flexibility index (Phi) is 17.3. The molecule has 1 heterocycles. The minimum Gasteiger partial charge on any atom is -0.487 e. The third-order valence-electron chi connectivity index (χ3n) is 5.71. The molecule has 8 nitrogen and oxygen atoms in total. The number of nitrogens with two attached hydrogens (primary N) is 1. The summed E-state index contributed by atoms with van der Waals surface area (Å²) in [4.78, 5) is 12.8. The first-order valence-corrected chi connectivity index (χ1v) is 13.2. The number of hydrogen-bond donors (Lipinski definition) is 1. The number of benzene rings is 1. The Morgan fingerprint density at radius 3 is 1.60 bits per heavy atom. The number of Topliss-reactive ketones (excluding diaryl/α,β-unsaturated/α-hetero) is 1. The van der Waals surface area contributed by atoms with Gasteiger partial charge >= 0.3 is 0 Å². The van der Waals surface area contributed by atoms with Crippen LogP contribution in [0, 0.1) is 0 Å². The lowest BCUT2D eigenvalue weighted by atomic mass is 10.0. The maximum absolute atomic E-state index is 12.8. The van der Waals surface area contributed by atoms with Gasteiger partial charge in [-0.05, 0) is 37.6 Å². The van der Waals surface area contributed by atoms with E-state index < -0.39 is 0 Å². The van der Waals surface area contributed by atoms with Gasteiger partial charge in [-0.2, -0.15) is 0 Å². The van der Waals surface area contributed by atoms with Crippen LogP contribution in [0.5, 0.6) is 11.5 Å². The summed E-state index contributed by atoms with van der Waals surface area (Å²) in [6, 6.07) is 5.40. The van der Waals surface area contributed by atoms with Crippen LogP contribution in [0.1, 0.15) is 68.1 Å². The van der Waals surface area contributed by atoms with Gasteiger partial charge in [-0.1, -0.05) is 38.5 Å². The van der Waals surface area contributed by atoms with Gasteiger partial charge in [0.15, 0.2) is 17.3 Å². The molecule has 0 spiro atoms. The molecule has 0 bridgehead atoms. The van der Waals surface area contributed by atoms with Crippen LogP contribution in [0.3, 0.4) is 0 Å². The molecule has 1 aliphatic rings. The fourth-order valence-electron chi connectivity index (χ4n) is 3.73. The smallest absolute Gasteiger partial charge is 0.163 e. The lowest BCUT2D eigenvalue weighted by Gasteiger charge is -2.15. The molecule has 0 aliphatic carbocycles. The minimum atomic E-state index is 0.135. The highest BCUT2D eigenvalue weighted by Crippen LogP contribution is 2.29. The molecular weight excluding hydrogens is 450 g/mol. The van der Waals surface area contributed by atoms with Gasteiger partial charge in [-0.15, -0.1) is 0 Å². The predicted molar refractivity (Wildman–Crippen MR) is 136 cm³/mol. The molecule has 2 rings (SSSR count). The highest BCUT2D eigenvalue weighted by Gasteiger charge is 2.12. The van der Waals surface area contributed by atoms with Crippen LogP contribution >= 0.6 is 0 Å². The average Bonchev–Trinajstić information content (AvgIpc) is 2.87. The number of hydrogen-bond acceptors (Lipinski definition) is 8. The lowest BCUT2D eigenvalue weighted by Crippen LogP contribution is -2.16. The van der Waals surface area contributed by atoms with Crippen molar-refractivity contribution in [3.8, 4) is 11.5 Å². The lowest BCUT2D eigenvalue weighted by molar-refractivity contribution is -0.00842. The Labute approximate surface area is 210 Å². The van der Waals surface area contributed by atoms with Crippen LogP contribution in [0.4, 0.5) is 0 Å². The fourth-order valence-corrected chi connectivity index (χ4v) is 3.73. The minimum absolute atomic E-state index is 0.135. The van der Waals surface area contributed by atoms with Gasteiger partial charge < -0.3 is 34.2 Å². The van der Waals surface area contributed by atoms with E-state index in [1.165, 1.54) is 32.1 Å². The Balaban J connectivity index is 1.79. The summed E-state index contributed by atoms with van der Waals surface area (Å²) < 4.78 is 33.8. The fraction of sp³-hybridized carbons (Fsp3) is 0.741. The second kappa shape index (κ2) is 20.5. The van der Waals surface area contributed by atoms with E-state index in [1.807, 2.05) is 6.07 Å². The van der Waals surface area contributed by atoms with Crippen molar-refractivity contribution in [2.24, 2.45) is 5.73 Å². The number of carbonyl (C=O) groups is 1. The van der Waals surface area contributed by atoms with E-state index in [-0.39, 0.29) is 5.78 Å². The van der Waals surface area contributed by atoms with Gasteiger partial charge in [-0.25, -0.2) is 0 Å². The molecule has 0 saturated carbocycles. The average molecular weight is 496 g/mol. The van der Waals surface area contributed by atoms with Crippen LogP contribution < -0.4 is 15.2 Å². The first-order chi connectivity index (χ1) is 17.3. The van der Waals surface area contributed by atoms with Crippen molar-refractivity contribution in [3.63, 3.8) is 0 Å². The summed E-state index contributed by atoms with van der Waals surface area (Å²) in [7, 11) is 0. The summed E-state index contributed by atoms with van der Waals surface area (Å²) in [6.07, 6.45) is 9.80. The quantitative estimate of drug-likeness (QED) is 0.361. The van der Waals surface area contributed by atoms with E-state index in [0.29, 0.717) is 89.6 Å². The number of rotatable bonds is 11. The molecule has 1 aromatic rings. The number of ketones is 1. The molecule has 0 amide bonds. The largest absolute Gasteiger partial charge is 0.487 e. The SMILES string of the molecule is NCCCCCCCCCCC(=O)c1ccc2c(c1)OCCOCCOCCOCCOCCO2. The van der Waals surface area contributed by atoms with Crippen molar-refractivity contribution < 1.29 is 33.2 Å². The third-order valence-corrected chi connectivity index (χ3v) is 5.71. The monoisotopic (exact) mass is 495 g/mol. The zero-order chi connectivity index (χ0) is 24.8. The third kappa shape index (κ3) is 14.4. The van der Waals surface area contributed by atoms with Crippen LogP contribution in [0.25, 0.3) is 0 Å². The van der Waals surface area contributed by atoms with Crippen molar-refractivity contribution >= 4 is 5.78 Å². The standard InChI is InChI=1S/C27H45NO7/c28-12-8-6-4-2-1-3-5-7-9-25(29)24-10-11-26-27(23-24)35-22-20-33-18-16-31-14-13-30-15-17-32-19-21-34-26/h10-11,23H,1-9,12-22,28H2. The van der Waals surface area contributed by atoms with E-state index in [4.69, 9.17) is 34.2 Å². The van der Waals surface area contributed by atoms with Crippen molar-refractivity contribution in [1.82, 2.24) is 0 Å². The first kappa shape index (κ1) is 29.5. The van der Waals surface area contributed by atoms with E-state index in [9.17, 15) is 4.79 Å². The Hall–Kier alpha value is -1.71. The van der Waals surface area contributed by atoms with Gasteiger partial charge in [0.25, 0.3) is 0 Å². The molecule has 0 fully saturated rings. The molecule has 8 heteroatoms. The number of ether oxygens (including phenoxy) is 6. The zero-order valence-corrected chi connectivity index (χ0v) is 21.3. The normalized spacial score (nSPS) is 16.8. The van der Waals surface area contributed by atoms with Gasteiger partial charge in [0, 0.05) is 12.0 Å². The van der Waals surface area contributed by atoms with Gasteiger partial charge in [0.1, 0.15) is 13.2 Å². The molecular formula is C27H45NO7. The number of unbranched alkanes of at least 4 members (excludes halogenated alkanes) is 7. The molecule has 1 aromatic carbocycles. The Morgan fingerprint density at radius 2 is 1.06 bits per heavy atom. The summed E-state index contributed by atoms with van der Waals surface area (Å²) in [5.41, 5.74) is 6.18. The van der Waals surface area contributed by atoms with E-state index in [2.05, 4.69) is 0 Å². The molecule has 0 unspecified atom stereocenters. The highest BCUT2D eigenvalue weighted by molar-refractivity contribution is 5.96.